The van der Waals surface area contributed by atoms with Gasteiger partial charge in [0.15, 0.2) is 0 Å². The number of phenols is 1. The van der Waals surface area contributed by atoms with E-state index in [0.29, 0.717) is 5.75 Å². The summed E-state index contributed by atoms with van der Waals surface area (Å²) in [5.74, 6) is 0.319. The predicted octanol–water partition coefficient (Wildman–Crippen LogP) is 3.58. The number of halogens is 1. The molecule has 0 aromatic heterocycles. The van der Waals surface area contributed by atoms with Crippen LogP contribution in [-0.4, -0.2) is 5.11 Å². The number of rotatable bonds is 1. The lowest BCUT2D eigenvalue weighted by Gasteiger charge is -2.00. The molecule has 1 rings (SSSR count). The Hall–Kier alpha value is -0.760. The topological polar surface area (TPSA) is 20.2 Å². The van der Waals surface area contributed by atoms with Crippen LogP contribution in [0.15, 0.2) is 28.2 Å². The molecular formula is C10H11BrO. The van der Waals surface area contributed by atoms with Crippen molar-refractivity contribution in [2.24, 2.45) is 0 Å². The van der Waals surface area contributed by atoms with Gasteiger partial charge in [0.25, 0.3) is 0 Å². The minimum Gasteiger partial charge on any atom is -0.507 e. The fourth-order valence-corrected chi connectivity index (χ4v) is 1.33. The van der Waals surface area contributed by atoms with Gasteiger partial charge in [0.1, 0.15) is 5.75 Å². The highest BCUT2D eigenvalue weighted by Gasteiger charge is 1.97. The van der Waals surface area contributed by atoms with Gasteiger partial charge in [0.2, 0.25) is 0 Å². The fourth-order valence-electron chi connectivity index (χ4n) is 0.952. The molecule has 0 amide bonds. The Morgan fingerprint density at radius 1 is 1.42 bits per heavy atom. The molecule has 0 atom stereocenters. The van der Waals surface area contributed by atoms with Gasteiger partial charge in [-0.15, -0.1) is 0 Å². The first kappa shape index (κ1) is 9.33. The van der Waals surface area contributed by atoms with Gasteiger partial charge in [-0.2, -0.15) is 0 Å². The summed E-state index contributed by atoms with van der Waals surface area (Å²) in [5, 5.41) is 9.42. The molecule has 0 unspecified atom stereocenters. The van der Waals surface area contributed by atoms with Gasteiger partial charge in [0, 0.05) is 10.0 Å². The van der Waals surface area contributed by atoms with Crippen molar-refractivity contribution in [3.63, 3.8) is 0 Å². The average Bonchev–Trinajstić information content (AvgIpc) is 1.96. The van der Waals surface area contributed by atoms with E-state index in [-0.39, 0.29) is 0 Å². The summed E-state index contributed by atoms with van der Waals surface area (Å²) in [5.41, 5.74) is 2.02. The monoisotopic (exact) mass is 226 g/mol. The molecule has 1 nitrogen and oxygen atoms in total. The molecule has 1 aromatic rings. The molecule has 0 radical (unpaired) electrons. The summed E-state index contributed by atoms with van der Waals surface area (Å²) in [6.07, 6.45) is 1.94. The van der Waals surface area contributed by atoms with Crippen molar-refractivity contribution in [2.45, 2.75) is 13.8 Å². The second-order valence-electron chi connectivity index (χ2n) is 2.92. The van der Waals surface area contributed by atoms with Crippen molar-refractivity contribution in [1.82, 2.24) is 0 Å². The largest absolute Gasteiger partial charge is 0.507 e. The Morgan fingerprint density at radius 3 is 2.67 bits per heavy atom. The first-order chi connectivity index (χ1) is 5.59. The van der Waals surface area contributed by atoms with Crippen LogP contribution in [0.5, 0.6) is 5.75 Å². The van der Waals surface area contributed by atoms with Gasteiger partial charge in [-0.1, -0.05) is 27.6 Å². The molecule has 0 aliphatic rings. The molecular weight excluding hydrogens is 216 g/mol. The van der Waals surface area contributed by atoms with Crippen molar-refractivity contribution in [3.8, 4) is 5.75 Å². The Balaban J connectivity index is 3.14. The molecule has 0 bridgehead atoms. The van der Waals surface area contributed by atoms with Crippen LogP contribution in [0.3, 0.4) is 0 Å². The molecule has 64 valence electrons. The van der Waals surface area contributed by atoms with Crippen LogP contribution in [-0.2, 0) is 0 Å². The van der Waals surface area contributed by atoms with Crippen molar-refractivity contribution in [3.05, 3.63) is 33.8 Å². The number of benzene rings is 1. The Bertz CT molecular complexity index is 312. The van der Waals surface area contributed by atoms with Crippen molar-refractivity contribution >= 4 is 22.0 Å². The number of hydrogen-bond acceptors (Lipinski definition) is 1. The van der Waals surface area contributed by atoms with Crippen LogP contribution in [0, 0.1) is 0 Å². The molecule has 0 aliphatic heterocycles. The second-order valence-corrected chi connectivity index (χ2v) is 3.84. The van der Waals surface area contributed by atoms with Crippen LogP contribution in [0.4, 0.5) is 0 Å². The van der Waals surface area contributed by atoms with Gasteiger partial charge in [0.05, 0.1) is 0 Å². The summed E-state index contributed by atoms with van der Waals surface area (Å²) in [7, 11) is 0. The highest BCUT2D eigenvalue weighted by Crippen LogP contribution is 2.23. The normalized spacial score (nSPS) is 9.58. The Morgan fingerprint density at radius 2 is 2.08 bits per heavy atom. The van der Waals surface area contributed by atoms with Crippen molar-refractivity contribution in [1.29, 1.82) is 0 Å². The lowest BCUT2D eigenvalue weighted by molar-refractivity contribution is 0.474. The molecule has 0 spiro atoms. The van der Waals surface area contributed by atoms with Gasteiger partial charge in [-0.05, 0) is 32.0 Å². The molecule has 12 heavy (non-hydrogen) atoms. The third kappa shape index (κ3) is 2.38. The minimum atomic E-state index is 0.319. The van der Waals surface area contributed by atoms with Gasteiger partial charge in [-0.25, -0.2) is 0 Å². The van der Waals surface area contributed by atoms with Crippen molar-refractivity contribution in [2.75, 3.05) is 0 Å². The zero-order valence-corrected chi connectivity index (χ0v) is 8.72. The maximum Gasteiger partial charge on any atom is 0.122 e. The van der Waals surface area contributed by atoms with E-state index in [0.717, 1.165) is 10.0 Å². The molecule has 0 saturated carbocycles. The summed E-state index contributed by atoms with van der Waals surface area (Å²) < 4.78 is 0.979. The lowest BCUT2D eigenvalue weighted by atomic mass is 10.1. The second kappa shape index (κ2) is 3.76. The Kier molecular flexibility index (Phi) is 2.93. The molecule has 2 heteroatoms. The van der Waals surface area contributed by atoms with E-state index in [4.69, 9.17) is 0 Å². The highest BCUT2D eigenvalue weighted by atomic mass is 79.9. The zero-order chi connectivity index (χ0) is 9.14. The third-order valence-corrected chi connectivity index (χ3v) is 1.93. The van der Waals surface area contributed by atoms with E-state index in [1.54, 1.807) is 6.07 Å². The smallest absolute Gasteiger partial charge is 0.122 e. The standard InChI is InChI=1S/C10H11BrO/c1-7(2)5-8-6-9(11)3-4-10(8)12/h3-6,12H,1-2H3. The quantitative estimate of drug-likeness (QED) is 0.777. The van der Waals surface area contributed by atoms with E-state index in [9.17, 15) is 5.11 Å². The number of aromatic hydroxyl groups is 1. The maximum atomic E-state index is 9.42. The lowest BCUT2D eigenvalue weighted by Crippen LogP contribution is -1.76. The summed E-state index contributed by atoms with van der Waals surface area (Å²) in [6.45, 7) is 4.00. The molecule has 1 N–H and O–H groups in total. The molecule has 0 heterocycles. The molecule has 0 fully saturated rings. The predicted molar refractivity (Wildman–Crippen MR) is 55.1 cm³/mol. The van der Waals surface area contributed by atoms with E-state index in [2.05, 4.69) is 15.9 Å². The number of allylic oxidation sites excluding steroid dienone is 1. The van der Waals surface area contributed by atoms with E-state index in [1.165, 1.54) is 5.57 Å². The van der Waals surface area contributed by atoms with E-state index < -0.39 is 0 Å². The highest BCUT2D eigenvalue weighted by molar-refractivity contribution is 9.10. The summed E-state index contributed by atoms with van der Waals surface area (Å²) >= 11 is 3.35. The first-order valence-corrected chi connectivity index (χ1v) is 4.52. The summed E-state index contributed by atoms with van der Waals surface area (Å²) in [6, 6.07) is 5.39. The zero-order valence-electron chi connectivity index (χ0n) is 7.13. The molecule has 0 aliphatic carbocycles. The SMILES string of the molecule is CC(C)=Cc1cc(Br)ccc1O. The van der Waals surface area contributed by atoms with Crippen LogP contribution >= 0.6 is 15.9 Å². The maximum absolute atomic E-state index is 9.42. The van der Waals surface area contributed by atoms with Gasteiger partial charge in [-0.3, -0.25) is 0 Å². The first-order valence-electron chi connectivity index (χ1n) is 3.73. The van der Waals surface area contributed by atoms with E-state index >= 15 is 0 Å². The molecule has 1 aromatic carbocycles. The number of hydrogen-bond donors (Lipinski definition) is 1. The van der Waals surface area contributed by atoms with Crippen LogP contribution in [0.1, 0.15) is 19.4 Å². The summed E-state index contributed by atoms with van der Waals surface area (Å²) in [4.78, 5) is 0. The van der Waals surface area contributed by atoms with Crippen LogP contribution in [0.25, 0.3) is 6.08 Å². The van der Waals surface area contributed by atoms with Crippen molar-refractivity contribution < 1.29 is 5.11 Å². The van der Waals surface area contributed by atoms with Gasteiger partial charge >= 0.3 is 0 Å². The average molecular weight is 227 g/mol. The van der Waals surface area contributed by atoms with Crippen LogP contribution in [0.2, 0.25) is 0 Å². The minimum absolute atomic E-state index is 0.319. The van der Waals surface area contributed by atoms with E-state index in [1.807, 2.05) is 32.1 Å². The number of phenolic OH excluding ortho intramolecular Hbond substituents is 1. The fraction of sp³-hybridized carbons (Fsp3) is 0.200. The van der Waals surface area contributed by atoms with Crippen LogP contribution < -0.4 is 0 Å². The third-order valence-electron chi connectivity index (χ3n) is 1.43. The Labute approximate surface area is 80.9 Å². The van der Waals surface area contributed by atoms with Gasteiger partial charge < -0.3 is 5.11 Å². The molecule has 0 saturated heterocycles.